The first-order valence-corrected chi connectivity index (χ1v) is 8.12. The van der Waals surface area contributed by atoms with Gasteiger partial charge in [0.2, 0.25) is 0 Å². The van der Waals surface area contributed by atoms with E-state index in [0.29, 0.717) is 6.04 Å². The lowest BCUT2D eigenvalue weighted by Gasteiger charge is -2.25. The second-order valence-corrected chi connectivity index (χ2v) is 7.39. The van der Waals surface area contributed by atoms with Crippen LogP contribution < -0.4 is 5.73 Å². The molecule has 2 bridgehead atoms. The summed E-state index contributed by atoms with van der Waals surface area (Å²) in [5.41, 5.74) is 6.67. The summed E-state index contributed by atoms with van der Waals surface area (Å²) in [6, 6.07) is 0.575. The minimum absolute atomic E-state index is 0.575. The molecular formula is C16H27N. The lowest BCUT2D eigenvalue weighted by atomic mass is 9.85. The maximum Gasteiger partial charge on any atom is 0.0101 e. The Kier molecular flexibility index (Phi) is 2.54. The molecule has 0 aromatic heterocycles. The van der Waals surface area contributed by atoms with Crippen molar-refractivity contribution in [3.63, 3.8) is 0 Å². The Hall–Kier alpha value is -0.0400. The minimum Gasteiger partial charge on any atom is -0.327 e. The second kappa shape index (κ2) is 3.98. The van der Waals surface area contributed by atoms with Gasteiger partial charge in [0.25, 0.3) is 0 Å². The van der Waals surface area contributed by atoms with E-state index in [1.807, 2.05) is 0 Å². The van der Waals surface area contributed by atoms with Gasteiger partial charge in [-0.05, 0) is 67.6 Å². The summed E-state index contributed by atoms with van der Waals surface area (Å²) in [5.74, 6) is 6.23. The number of fused-ring (bicyclic) bond motifs is 5. The number of hydrogen-bond donors (Lipinski definition) is 1. The van der Waals surface area contributed by atoms with Gasteiger partial charge >= 0.3 is 0 Å². The number of rotatable bonds is 2. The van der Waals surface area contributed by atoms with Crippen LogP contribution in [0.15, 0.2) is 0 Å². The third kappa shape index (κ3) is 1.61. The molecule has 0 radical (unpaired) electrons. The van der Waals surface area contributed by atoms with Crippen LogP contribution in [-0.4, -0.2) is 6.04 Å². The van der Waals surface area contributed by atoms with Gasteiger partial charge in [0.05, 0.1) is 0 Å². The molecular weight excluding hydrogens is 206 g/mol. The Morgan fingerprint density at radius 3 is 1.94 bits per heavy atom. The largest absolute Gasteiger partial charge is 0.327 e. The molecule has 0 spiro atoms. The van der Waals surface area contributed by atoms with Crippen LogP contribution in [0.2, 0.25) is 0 Å². The minimum atomic E-state index is 0.575. The Bertz CT molecular complexity index is 276. The average Bonchev–Trinajstić information content (AvgIpc) is 2.93. The Balaban J connectivity index is 1.43. The molecule has 4 rings (SSSR count). The van der Waals surface area contributed by atoms with E-state index in [0.717, 1.165) is 35.5 Å². The maximum absolute atomic E-state index is 6.67. The molecule has 0 amide bonds. The van der Waals surface area contributed by atoms with Gasteiger partial charge < -0.3 is 5.73 Å². The van der Waals surface area contributed by atoms with Crippen molar-refractivity contribution in [1.82, 2.24) is 0 Å². The van der Waals surface area contributed by atoms with Crippen LogP contribution in [-0.2, 0) is 0 Å². The third-order valence-corrected chi connectivity index (χ3v) is 6.68. The molecule has 5 unspecified atom stereocenters. The van der Waals surface area contributed by atoms with Gasteiger partial charge in [0, 0.05) is 6.04 Å². The fourth-order valence-electron chi connectivity index (χ4n) is 5.92. The predicted octanol–water partition coefficient (Wildman–Crippen LogP) is 3.58. The highest BCUT2D eigenvalue weighted by Gasteiger charge is 2.66. The lowest BCUT2D eigenvalue weighted by molar-refractivity contribution is 0.299. The lowest BCUT2D eigenvalue weighted by Crippen LogP contribution is -2.34. The van der Waals surface area contributed by atoms with Crippen molar-refractivity contribution in [3.05, 3.63) is 0 Å². The zero-order valence-corrected chi connectivity index (χ0v) is 11.0. The summed E-state index contributed by atoms with van der Waals surface area (Å²) in [4.78, 5) is 0. The second-order valence-electron chi connectivity index (χ2n) is 7.39. The van der Waals surface area contributed by atoms with Gasteiger partial charge in [0.1, 0.15) is 0 Å². The predicted molar refractivity (Wildman–Crippen MR) is 70.5 cm³/mol. The smallest absolute Gasteiger partial charge is 0.0101 e. The fourth-order valence-corrected chi connectivity index (χ4v) is 5.92. The van der Waals surface area contributed by atoms with Gasteiger partial charge in [0.15, 0.2) is 0 Å². The molecule has 0 saturated heterocycles. The van der Waals surface area contributed by atoms with Gasteiger partial charge in [-0.3, -0.25) is 0 Å². The van der Waals surface area contributed by atoms with E-state index in [9.17, 15) is 0 Å². The van der Waals surface area contributed by atoms with E-state index in [1.54, 1.807) is 19.3 Å². The SMILES string of the molecule is NC(C1CCCCCC1)C1C2C3CCC(C3)C21. The molecule has 1 heteroatoms. The van der Waals surface area contributed by atoms with Crippen LogP contribution >= 0.6 is 0 Å². The molecule has 5 atom stereocenters. The Morgan fingerprint density at radius 1 is 0.765 bits per heavy atom. The van der Waals surface area contributed by atoms with Crippen molar-refractivity contribution < 1.29 is 0 Å². The summed E-state index contributed by atoms with van der Waals surface area (Å²) in [5, 5.41) is 0. The van der Waals surface area contributed by atoms with Crippen molar-refractivity contribution in [2.45, 2.75) is 63.8 Å². The molecule has 4 aliphatic carbocycles. The fraction of sp³-hybridized carbons (Fsp3) is 1.00. The first-order valence-electron chi connectivity index (χ1n) is 8.12. The van der Waals surface area contributed by atoms with Crippen LogP contribution in [0.25, 0.3) is 0 Å². The number of nitrogens with two attached hydrogens (primary N) is 1. The van der Waals surface area contributed by atoms with E-state index in [4.69, 9.17) is 5.73 Å². The average molecular weight is 233 g/mol. The van der Waals surface area contributed by atoms with Gasteiger partial charge in [-0.25, -0.2) is 0 Å². The van der Waals surface area contributed by atoms with Crippen molar-refractivity contribution in [1.29, 1.82) is 0 Å². The van der Waals surface area contributed by atoms with Crippen LogP contribution in [0.3, 0.4) is 0 Å². The molecule has 0 heterocycles. The topological polar surface area (TPSA) is 26.0 Å². The van der Waals surface area contributed by atoms with E-state index < -0.39 is 0 Å². The molecule has 1 nitrogen and oxygen atoms in total. The van der Waals surface area contributed by atoms with Crippen molar-refractivity contribution in [2.75, 3.05) is 0 Å². The molecule has 0 aromatic carbocycles. The van der Waals surface area contributed by atoms with Crippen molar-refractivity contribution in [2.24, 2.45) is 41.2 Å². The number of hydrogen-bond acceptors (Lipinski definition) is 1. The monoisotopic (exact) mass is 233 g/mol. The zero-order valence-electron chi connectivity index (χ0n) is 11.0. The Labute approximate surface area is 106 Å². The Morgan fingerprint density at radius 2 is 1.35 bits per heavy atom. The normalized spacial score (nSPS) is 51.0. The molecule has 17 heavy (non-hydrogen) atoms. The van der Waals surface area contributed by atoms with E-state index in [1.165, 1.54) is 38.5 Å². The standard InChI is InChI=1S/C16H27N/c17-16(10-5-3-1-2-4-6-10)15-13-11-7-8-12(9-11)14(13)15/h10-16H,1-9,17H2. The third-order valence-electron chi connectivity index (χ3n) is 6.68. The summed E-state index contributed by atoms with van der Waals surface area (Å²) in [6.45, 7) is 0. The van der Waals surface area contributed by atoms with Crippen LogP contribution in [0, 0.1) is 35.5 Å². The summed E-state index contributed by atoms with van der Waals surface area (Å²) >= 11 is 0. The molecule has 4 saturated carbocycles. The van der Waals surface area contributed by atoms with Crippen molar-refractivity contribution in [3.8, 4) is 0 Å². The van der Waals surface area contributed by atoms with E-state index >= 15 is 0 Å². The van der Waals surface area contributed by atoms with E-state index in [2.05, 4.69) is 0 Å². The summed E-state index contributed by atoms with van der Waals surface area (Å²) in [7, 11) is 0. The molecule has 4 fully saturated rings. The van der Waals surface area contributed by atoms with Crippen LogP contribution in [0.5, 0.6) is 0 Å². The highest BCUT2D eigenvalue weighted by Crippen LogP contribution is 2.70. The van der Waals surface area contributed by atoms with Gasteiger partial charge in [-0.1, -0.05) is 25.7 Å². The van der Waals surface area contributed by atoms with Gasteiger partial charge in [-0.2, -0.15) is 0 Å². The first-order chi connectivity index (χ1) is 8.36. The van der Waals surface area contributed by atoms with Crippen LogP contribution in [0.1, 0.15) is 57.8 Å². The van der Waals surface area contributed by atoms with Gasteiger partial charge in [-0.15, -0.1) is 0 Å². The van der Waals surface area contributed by atoms with E-state index in [-0.39, 0.29) is 0 Å². The summed E-state index contributed by atoms with van der Waals surface area (Å²) in [6.07, 6.45) is 13.4. The molecule has 0 aliphatic heterocycles. The first kappa shape index (κ1) is 10.8. The maximum atomic E-state index is 6.67. The van der Waals surface area contributed by atoms with Crippen LogP contribution in [0.4, 0.5) is 0 Å². The zero-order chi connectivity index (χ0) is 11.4. The molecule has 96 valence electrons. The highest BCUT2D eigenvalue weighted by atomic mass is 14.8. The quantitative estimate of drug-likeness (QED) is 0.725. The van der Waals surface area contributed by atoms with Crippen molar-refractivity contribution >= 4 is 0 Å². The highest BCUT2D eigenvalue weighted by molar-refractivity contribution is 5.16. The molecule has 2 N–H and O–H groups in total. The molecule has 4 aliphatic rings. The summed E-state index contributed by atoms with van der Waals surface area (Å²) < 4.78 is 0. The molecule has 0 aromatic rings.